The van der Waals surface area contributed by atoms with Crippen molar-refractivity contribution < 1.29 is 23.6 Å². The molecule has 174 valence electrons. The molecule has 1 aliphatic carbocycles. The Morgan fingerprint density at radius 2 is 1.78 bits per heavy atom. The third-order valence-electron chi connectivity index (χ3n) is 5.59. The van der Waals surface area contributed by atoms with E-state index in [1.165, 1.54) is 24.3 Å². The summed E-state index contributed by atoms with van der Waals surface area (Å²) in [6, 6.07) is 3.82. The van der Waals surface area contributed by atoms with Gasteiger partial charge in [0.1, 0.15) is 17.9 Å². The van der Waals surface area contributed by atoms with Crippen LogP contribution in [0.4, 0.5) is 4.39 Å². The van der Waals surface area contributed by atoms with Crippen molar-refractivity contribution in [1.82, 2.24) is 16.0 Å². The van der Waals surface area contributed by atoms with E-state index in [4.69, 9.17) is 5.41 Å². The van der Waals surface area contributed by atoms with E-state index in [0.29, 0.717) is 18.2 Å². The number of hydrogen-bond donors (Lipinski definition) is 4. The number of benzene rings is 1. The molecule has 0 aromatic heterocycles. The van der Waals surface area contributed by atoms with E-state index in [9.17, 15) is 23.6 Å². The number of rotatable bonds is 13. The van der Waals surface area contributed by atoms with Crippen molar-refractivity contribution in [3.8, 4) is 0 Å². The van der Waals surface area contributed by atoms with Crippen LogP contribution in [0, 0.1) is 23.1 Å². The molecule has 0 aliphatic heterocycles. The van der Waals surface area contributed by atoms with Gasteiger partial charge in [-0.2, -0.15) is 0 Å². The van der Waals surface area contributed by atoms with Gasteiger partial charge in [0.2, 0.25) is 17.7 Å². The molecule has 4 N–H and O–H groups in total. The molecule has 0 radical (unpaired) electrons. The molecule has 3 amide bonds. The molecule has 9 heteroatoms. The first-order valence-electron chi connectivity index (χ1n) is 10.9. The second-order valence-electron chi connectivity index (χ2n) is 8.20. The molecular weight excluding hydrogens is 415 g/mol. The van der Waals surface area contributed by atoms with E-state index in [2.05, 4.69) is 16.0 Å². The van der Waals surface area contributed by atoms with Gasteiger partial charge in [0.15, 0.2) is 5.78 Å². The molecule has 1 aromatic rings. The van der Waals surface area contributed by atoms with Crippen LogP contribution in [0.1, 0.15) is 51.5 Å². The van der Waals surface area contributed by atoms with E-state index in [0.717, 1.165) is 12.8 Å². The van der Waals surface area contributed by atoms with Crippen LogP contribution < -0.4 is 16.0 Å². The van der Waals surface area contributed by atoms with Crippen LogP contribution in [0.5, 0.6) is 0 Å². The number of amides is 3. The van der Waals surface area contributed by atoms with Crippen LogP contribution in [0.15, 0.2) is 24.3 Å². The molecule has 1 aromatic carbocycles. The lowest BCUT2D eigenvalue weighted by atomic mass is 9.97. The number of Topliss-reactive ketones (excluding diaryl/α,β-unsaturated/α-hetero) is 1. The summed E-state index contributed by atoms with van der Waals surface area (Å²) in [4.78, 5) is 49.6. The molecule has 3 atom stereocenters. The number of ketones is 1. The molecule has 1 aliphatic rings. The molecule has 32 heavy (non-hydrogen) atoms. The van der Waals surface area contributed by atoms with Crippen molar-refractivity contribution in [2.45, 2.75) is 64.6 Å². The summed E-state index contributed by atoms with van der Waals surface area (Å²) in [5, 5.41) is 15.2. The monoisotopic (exact) mass is 446 g/mol. The fraction of sp³-hybridized carbons (Fsp3) is 0.522. The van der Waals surface area contributed by atoms with Crippen molar-refractivity contribution in [1.29, 1.82) is 5.41 Å². The molecule has 1 fully saturated rings. The average Bonchev–Trinajstić information content (AvgIpc) is 3.64. The largest absolute Gasteiger partial charge is 0.350 e. The van der Waals surface area contributed by atoms with Gasteiger partial charge < -0.3 is 21.4 Å². The van der Waals surface area contributed by atoms with Crippen molar-refractivity contribution in [3.63, 3.8) is 0 Å². The lowest BCUT2D eigenvalue weighted by molar-refractivity contribution is -0.133. The molecule has 0 saturated heterocycles. The Morgan fingerprint density at radius 1 is 1.12 bits per heavy atom. The SMILES string of the molecule is CCC(C)[C@H](NC(=O)C1CC1)C(=O)N[C@@H](CCC(=O)C=N)C(=O)NCc1ccc(F)cc1. The molecule has 0 heterocycles. The standard InChI is InChI=1S/C23H31FN4O4/c1-3-14(2)20(28-21(30)16-6-7-16)23(32)27-19(11-10-18(29)12-25)22(31)26-13-15-4-8-17(24)9-5-15/h4-5,8-9,12,14,16,19-20,25H,3,6-7,10-11,13H2,1-2H3,(H,26,31)(H,27,32)(H,28,30)/t14?,19-,20-/m0/s1. The molecule has 8 nitrogen and oxygen atoms in total. The van der Waals surface area contributed by atoms with Crippen LogP contribution in [-0.2, 0) is 25.7 Å². The first-order valence-corrected chi connectivity index (χ1v) is 10.9. The Kier molecular flexibility index (Phi) is 9.49. The first-order chi connectivity index (χ1) is 15.2. The number of nitrogens with one attached hydrogen (secondary N) is 4. The summed E-state index contributed by atoms with van der Waals surface area (Å²) in [6.07, 6.45) is 2.87. The summed E-state index contributed by atoms with van der Waals surface area (Å²) in [5.41, 5.74) is 0.676. The molecule has 0 spiro atoms. The van der Waals surface area contributed by atoms with E-state index >= 15 is 0 Å². The van der Waals surface area contributed by atoms with Gasteiger partial charge in [-0.25, -0.2) is 4.39 Å². The molecule has 2 rings (SSSR count). The van der Waals surface area contributed by atoms with Gasteiger partial charge in [-0.1, -0.05) is 32.4 Å². The summed E-state index contributed by atoms with van der Waals surface area (Å²) >= 11 is 0. The normalized spacial score (nSPS) is 15.7. The highest BCUT2D eigenvalue weighted by atomic mass is 19.1. The highest BCUT2D eigenvalue weighted by Crippen LogP contribution is 2.29. The van der Waals surface area contributed by atoms with Gasteiger partial charge in [-0.3, -0.25) is 19.2 Å². The van der Waals surface area contributed by atoms with Crippen LogP contribution >= 0.6 is 0 Å². The van der Waals surface area contributed by atoms with Crippen LogP contribution in [0.3, 0.4) is 0 Å². The average molecular weight is 447 g/mol. The summed E-state index contributed by atoms with van der Waals surface area (Å²) in [5.74, 6) is -2.22. The van der Waals surface area contributed by atoms with Crippen LogP contribution in [0.25, 0.3) is 0 Å². The molecule has 0 bridgehead atoms. The smallest absolute Gasteiger partial charge is 0.243 e. The Labute approximate surface area is 187 Å². The highest BCUT2D eigenvalue weighted by Gasteiger charge is 2.35. The van der Waals surface area contributed by atoms with Gasteiger partial charge in [0, 0.05) is 18.9 Å². The molecular formula is C23H31FN4O4. The first kappa shape index (κ1) is 25.2. The molecule has 1 saturated carbocycles. The fourth-order valence-electron chi connectivity index (χ4n) is 3.12. The lowest BCUT2D eigenvalue weighted by Crippen LogP contribution is -2.55. The van der Waals surface area contributed by atoms with E-state index in [1.807, 2.05) is 13.8 Å². The van der Waals surface area contributed by atoms with E-state index in [1.54, 1.807) is 0 Å². The number of carbonyl (C=O) groups is 4. The maximum Gasteiger partial charge on any atom is 0.243 e. The zero-order chi connectivity index (χ0) is 23.7. The number of hydrogen-bond acceptors (Lipinski definition) is 5. The van der Waals surface area contributed by atoms with Crippen LogP contribution in [-0.4, -0.2) is 41.8 Å². The molecule has 1 unspecified atom stereocenters. The van der Waals surface area contributed by atoms with Crippen molar-refractivity contribution in [2.24, 2.45) is 11.8 Å². The van der Waals surface area contributed by atoms with E-state index < -0.39 is 29.7 Å². The van der Waals surface area contributed by atoms with Crippen molar-refractivity contribution in [2.75, 3.05) is 0 Å². The lowest BCUT2D eigenvalue weighted by Gasteiger charge is -2.26. The summed E-state index contributed by atoms with van der Waals surface area (Å²) < 4.78 is 13.1. The predicted molar refractivity (Wildman–Crippen MR) is 117 cm³/mol. The number of carbonyl (C=O) groups excluding carboxylic acids is 4. The fourth-order valence-corrected chi connectivity index (χ4v) is 3.12. The zero-order valence-electron chi connectivity index (χ0n) is 18.4. The predicted octanol–water partition coefficient (Wildman–Crippen LogP) is 1.87. The zero-order valence-corrected chi connectivity index (χ0v) is 18.4. The van der Waals surface area contributed by atoms with Crippen molar-refractivity contribution >= 4 is 29.7 Å². The second-order valence-corrected chi connectivity index (χ2v) is 8.20. The Balaban J connectivity index is 2.06. The van der Waals surface area contributed by atoms with Gasteiger partial charge >= 0.3 is 0 Å². The Bertz CT molecular complexity index is 839. The van der Waals surface area contributed by atoms with Crippen molar-refractivity contribution in [3.05, 3.63) is 35.6 Å². The maximum absolute atomic E-state index is 13.1. The minimum atomic E-state index is -1.02. The highest BCUT2D eigenvalue weighted by molar-refractivity contribution is 6.26. The Hall–Kier alpha value is -3.10. The minimum Gasteiger partial charge on any atom is -0.350 e. The third kappa shape index (κ3) is 7.86. The van der Waals surface area contributed by atoms with Gasteiger partial charge in [-0.05, 0) is 42.9 Å². The van der Waals surface area contributed by atoms with E-state index in [-0.39, 0.29) is 42.9 Å². The van der Waals surface area contributed by atoms with Gasteiger partial charge in [-0.15, -0.1) is 0 Å². The second kappa shape index (κ2) is 12.1. The minimum absolute atomic E-state index is 0.0129. The van der Waals surface area contributed by atoms with Gasteiger partial charge in [0.25, 0.3) is 0 Å². The maximum atomic E-state index is 13.1. The Morgan fingerprint density at radius 3 is 2.34 bits per heavy atom. The number of halogens is 1. The quantitative estimate of drug-likeness (QED) is 0.345. The van der Waals surface area contributed by atoms with Gasteiger partial charge in [0.05, 0.1) is 6.21 Å². The summed E-state index contributed by atoms with van der Waals surface area (Å²) in [7, 11) is 0. The summed E-state index contributed by atoms with van der Waals surface area (Å²) in [6.45, 7) is 3.88. The van der Waals surface area contributed by atoms with Crippen LogP contribution in [0.2, 0.25) is 0 Å². The topological polar surface area (TPSA) is 128 Å². The third-order valence-corrected chi connectivity index (χ3v) is 5.59.